The molecule has 0 bridgehead atoms. The van der Waals surface area contributed by atoms with Gasteiger partial charge in [-0.05, 0) is 42.3 Å². The van der Waals surface area contributed by atoms with Crippen molar-refractivity contribution in [1.82, 2.24) is 9.97 Å². The Hall–Kier alpha value is -1.46. The van der Waals surface area contributed by atoms with E-state index in [1.165, 1.54) is 0 Å². The van der Waals surface area contributed by atoms with Gasteiger partial charge in [-0.1, -0.05) is 23.7 Å². The van der Waals surface area contributed by atoms with Gasteiger partial charge in [0.1, 0.15) is 11.6 Å². The molecule has 3 aromatic rings. The summed E-state index contributed by atoms with van der Waals surface area (Å²) >= 11 is 5.97. The third kappa shape index (κ3) is 4.52. The van der Waals surface area contributed by atoms with Gasteiger partial charge in [-0.15, -0.1) is 24.8 Å². The van der Waals surface area contributed by atoms with E-state index in [1.807, 2.05) is 42.5 Å². The molecule has 1 heterocycles. The minimum absolute atomic E-state index is 0. The number of nitrogens with one attached hydrogen (secondary N) is 1. The van der Waals surface area contributed by atoms with Gasteiger partial charge >= 0.3 is 0 Å². The van der Waals surface area contributed by atoms with Crippen molar-refractivity contribution in [3.8, 4) is 5.75 Å². The Kier molecular flexibility index (Phi) is 7.16. The maximum Gasteiger partial charge on any atom is 0.124 e. The van der Waals surface area contributed by atoms with Crippen LogP contribution in [0.3, 0.4) is 0 Å². The fourth-order valence-electron chi connectivity index (χ4n) is 2.29. The minimum atomic E-state index is -0.190. The van der Waals surface area contributed by atoms with E-state index >= 15 is 0 Å². The molecule has 3 rings (SSSR count). The lowest BCUT2D eigenvalue weighted by molar-refractivity contribution is 0.414. The summed E-state index contributed by atoms with van der Waals surface area (Å²) in [6.45, 7) is 0. The molecule has 0 saturated heterocycles. The zero-order valence-corrected chi connectivity index (χ0v) is 14.8. The molecule has 1 atom stereocenters. The molecular weight excluding hydrogens is 357 g/mol. The number of imidazole rings is 1. The van der Waals surface area contributed by atoms with Crippen LogP contribution in [0.15, 0.2) is 42.5 Å². The predicted octanol–water partition coefficient (Wildman–Crippen LogP) is 4.31. The lowest BCUT2D eigenvalue weighted by Gasteiger charge is -2.09. The maximum atomic E-state index is 6.24. The number of aromatic nitrogens is 2. The summed E-state index contributed by atoms with van der Waals surface area (Å²) in [6, 6.07) is 13.3. The maximum absolute atomic E-state index is 6.24. The molecule has 0 aliphatic heterocycles. The summed E-state index contributed by atoms with van der Waals surface area (Å²) in [5.74, 6) is 1.61. The predicted molar refractivity (Wildman–Crippen MR) is 99.2 cm³/mol. The molecule has 0 radical (unpaired) electrons. The second-order valence-electron chi connectivity index (χ2n) is 4.94. The number of rotatable bonds is 4. The lowest BCUT2D eigenvalue weighted by atomic mass is 10.1. The molecule has 4 nitrogen and oxygen atoms in total. The van der Waals surface area contributed by atoms with Crippen molar-refractivity contribution in [3.63, 3.8) is 0 Å². The monoisotopic (exact) mass is 373 g/mol. The molecule has 0 aliphatic rings. The van der Waals surface area contributed by atoms with E-state index in [1.54, 1.807) is 7.11 Å². The fraction of sp³-hybridized carbons (Fsp3) is 0.188. The van der Waals surface area contributed by atoms with E-state index in [4.69, 9.17) is 22.1 Å². The van der Waals surface area contributed by atoms with Crippen molar-refractivity contribution in [2.75, 3.05) is 7.11 Å². The number of aromatic amines is 1. The number of nitrogens with zero attached hydrogens (tertiary/aromatic N) is 1. The highest BCUT2D eigenvalue weighted by Crippen LogP contribution is 2.21. The zero-order chi connectivity index (χ0) is 14.8. The Balaban J connectivity index is 0.00000132. The summed E-state index contributed by atoms with van der Waals surface area (Å²) in [4.78, 5) is 7.75. The average molecular weight is 375 g/mol. The van der Waals surface area contributed by atoms with Gasteiger partial charge in [0.25, 0.3) is 0 Å². The first-order valence-electron chi connectivity index (χ1n) is 6.69. The van der Waals surface area contributed by atoms with E-state index in [2.05, 4.69) is 9.97 Å². The summed E-state index contributed by atoms with van der Waals surface area (Å²) in [7, 11) is 1.65. The van der Waals surface area contributed by atoms with Gasteiger partial charge in [0.15, 0.2) is 0 Å². The van der Waals surface area contributed by atoms with Gasteiger partial charge in [-0.25, -0.2) is 4.98 Å². The molecule has 0 aliphatic carbocycles. The van der Waals surface area contributed by atoms with Crippen molar-refractivity contribution >= 4 is 47.4 Å². The highest BCUT2D eigenvalue weighted by molar-refractivity contribution is 6.31. The van der Waals surface area contributed by atoms with Crippen LogP contribution in [0.1, 0.15) is 17.4 Å². The SMILES string of the molecule is COc1ccc(C[C@@H](N)c2nc3ccc(Cl)cc3[nH]2)cc1.Cl.Cl. The molecule has 3 N–H and O–H groups in total. The van der Waals surface area contributed by atoms with Gasteiger partial charge in [0, 0.05) is 5.02 Å². The van der Waals surface area contributed by atoms with Crippen LogP contribution in [0.2, 0.25) is 5.02 Å². The van der Waals surface area contributed by atoms with E-state index in [0.29, 0.717) is 11.4 Å². The molecule has 124 valence electrons. The van der Waals surface area contributed by atoms with Crippen LogP contribution in [0.5, 0.6) is 5.75 Å². The van der Waals surface area contributed by atoms with E-state index in [0.717, 1.165) is 28.2 Å². The summed E-state index contributed by atoms with van der Waals surface area (Å²) in [5.41, 5.74) is 9.16. The third-order valence-corrected chi connectivity index (χ3v) is 3.66. The molecule has 0 spiro atoms. The van der Waals surface area contributed by atoms with Crippen LogP contribution < -0.4 is 10.5 Å². The second-order valence-corrected chi connectivity index (χ2v) is 5.38. The summed E-state index contributed by atoms with van der Waals surface area (Å²) in [6.07, 6.45) is 0.706. The number of ether oxygens (including phenoxy) is 1. The number of benzene rings is 2. The molecule has 0 saturated carbocycles. The molecular formula is C16H18Cl3N3O. The first-order valence-corrected chi connectivity index (χ1v) is 7.07. The summed E-state index contributed by atoms with van der Waals surface area (Å²) < 4.78 is 5.15. The Morgan fingerprint density at radius 2 is 1.87 bits per heavy atom. The number of methoxy groups -OCH3 is 1. The van der Waals surface area contributed by atoms with Gasteiger partial charge in [0.05, 0.1) is 24.2 Å². The normalized spacial score (nSPS) is 11.4. The number of halogens is 3. The largest absolute Gasteiger partial charge is 0.497 e. The second kappa shape index (κ2) is 8.41. The Bertz CT molecular complexity index is 759. The van der Waals surface area contributed by atoms with E-state index < -0.39 is 0 Å². The van der Waals surface area contributed by atoms with Gasteiger partial charge in [-0.2, -0.15) is 0 Å². The standard InChI is InChI=1S/C16H16ClN3O.2ClH/c1-21-12-5-2-10(3-6-12)8-13(18)16-19-14-7-4-11(17)9-15(14)20-16;;/h2-7,9,13H,8,18H2,1H3,(H,19,20);2*1H/t13-;;/m1../s1. The number of hydrogen-bond donors (Lipinski definition) is 2. The molecule has 0 unspecified atom stereocenters. The van der Waals surface area contributed by atoms with Crippen molar-refractivity contribution in [2.24, 2.45) is 5.73 Å². The Morgan fingerprint density at radius 1 is 1.17 bits per heavy atom. The van der Waals surface area contributed by atoms with Gasteiger partial charge < -0.3 is 15.5 Å². The van der Waals surface area contributed by atoms with E-state index in [-0.39, 0.29) is 30.9 Å². The van der Waals surface area contributed by atoms with Crippen LogP contribution in [0.25, 0.3) is 11.0 Å². The molecule has 23 heavy (non-hydrogen) atoms. The quantitative estimate of drug-likeness (QED) is 0.715. The van der Waals surface area contributed by atoms with Crippen molar-refractivity contribution in [3.05, 3.63) is 58.9 Å². The number of hydrogen-bond acceptors (Lipinski definition) is 3. The summed E-state index contributed by atoms with van der Waals surface area (Å²) in [5, 5.41) is 0.682. The van der Waals surface area contributed by atoms with Crippen LogP contribution in [0.4, 0.5) is 0 Å². The first kappa shape index (κ1) is 19.6. The van der Waals surface area contributed by atoms with Crippen LogP contribution >= 0.6 is 36.4 Å². The third-order valence-electron chi connectivity index (χ3n) is 3.43. The van der Waals surface area contributed by atoms with Crippen LogP contribution in [-0.4, -0.2) is 17.1 Å². The first-order chi connectivity index (χ1) is 10.2. The topological polar surface area (TPSA) is 63.9 Å². The van der Waals surface area contributed by atoms with Gasteiger partial charge in [-0.3, -0.25) is 0 Å². The van der Waals surface area contributed by atoms with Crippen molar-refractivity contribution in [1.29, 1.82) is 0 Å². The zero-order valence-electron chi connectivity index (χ0n) is 12.5. The van der Waals surface area contributed by atoms with Crippen LogP contribution in [0, 0.1) is 0 Å². The molecule has 7 heteroatoms. The van der Waals surface area contributed by atoms with Crippen molar-refractivity contribution < 1.29 is 4.74 Å². The molecule has 0 amide bonds. The van der Waals surface area contributed by atoms with Gasteiger partial charge in [0.2, 0.25) is 0 Å². The Morgan fingerprint density at radius 3 is 2.52 bits per heavy atom. The van der Waals surface area contributed by atoms with Crippen LogP contribution in [-0.2, 0) is 6.42 Å². The number of H-pyrrole nitrogens is 1. The molecule has 2 aromatic carbocycles. The van der Waals surface area contributed by atoms with Crippen molar-refractivity contribution in [2.45, 2.75) is 12.5 Å². The Labute approximate surface area is 152 Å². The highest BCUT2D eigenvalue weighted by atomic mass is 35.5. The smallest absolute Gasteiger partial charge is 0.124 e. The number of nitrogens with two attached hydrogens (primary N) is 1. The fourth-order valence-corrected chi connectivity index (χ4v) is 2.46. The lowest BCUT2D eigenvalue weighted by Crippen LogP contribution is -2.14. The number of fused-ring (bicyclic) bond motifs is 1. The minimum Gasteiger partial charge on any atom is -0.497 e. The molecule has 0 fully saturated rings. The highest BCUT2D eigenvalue weighted by Gasteiger charge is 2.12. The van der Waals surface area contributed by atoms with E-state index in [9.17, 15) is 0 Å². The average Bonchev–Trinajstić information content (AvgIpc) is 2.91. The molecule has 1 aromatic heterocycles.